The van der Waals surface area contributed by atoms with Gasteiger partial charge < -0.3 is 10.2 Å². The lowest BCUT2D eigenvalue weighted by molar-refractivity contribution is 0.154. The molecule has 118 valence electrons. The van der Waals surface area contributed by atoms with E-state index in [-0.39, 0.29) is 0 Å². The molecule has 1 fully saturated rings. The van der Waals surface area contributed by atoms with Gasteiger partial charge in [0.25, 0.3) is 0 Å². The summed E-state index contributed by atoms with van der Waals surface area (Å²) < 4.78 is 0. The molecule has 1 N–H and O–H groups in total. The summed E-state index contributed by atoms with van der Waals surface area (Å²) in [5.41, 5.74) is 1.04. The van der Waals surface area contributed by atoms with Gasteiger partial charge in [-0.25, -0.2) is 9.97 Å². The standard InChI is InChI=1S/C16H29N5/c1-5-17-15-10-13(2)18-16(19-15)12-21-8-6-14(7-9-21)11-20(3)4/h10,14H,5-9,11-12H2,1-4H3,(H,17,18,19). The van der Waals surface area contributed by atoms with Crippen molar-refractivity contribution in [3.63, 3.8) is 0 Å². The topological polar surface area (TPSA) is 44.3 Å². The average molecular weight is 291 g/mol. The van der Waals surface area contributed by atoms with E-state index in [4.69, 9.17) is 0 Å². The predicted molar refractivity (Wildman–Crippen MR) is 87.5 cm³/mol. The molecule has 0 bridgehead atoms. The minimum Gasteiger partial charge on any atom is -0.370 e. The van der Waals surface area contributed by atoms with Crippen LogP contribution >= 0.6 is 0 Å². The van der Waals surface area contributed by atoms with Crippen LogP contribution in [0.1, 0.15) is 31.3 Å². The van der Waals surface area contributed by atoms with Gasteiger partial charge in [-0.1, -0.05) is 0 Å². The molecule has 0 aromatic carbocycles. The quantitative estimate of drug-likeness (QED) is 0.868. The summed E-state index contributed by atoms with van der Waals surface area (Å²) in [5.74, 6) is 2.73. The van der Waals surface area contributed by atoms with Crippen molar-refractivity contribution in [1.82, 2.24) is 19.8 Å². The van der Waals surface area contributed by atoms with Crippen molar-refractivity contribution in [2.75, 3.05) is 45.6 Å². The second-order valence-corrected chi connectivity index (χ2v) is 6.32. The fourth-order valence-corrected chi connectivity index (χ4v) is 3.02. The van der Waals surface area contributed by atoms with Crippen LogP contribution in [0.25, 0.3) is 0 Å². The molecular weight excluding hydrogens is 262 g/mol. The number of nitrogens with one attached hydrogen (secondary N) is 1. The Hall–Kier alpha value is -1.20. The highest BCUT2D eigenvalue weighted by molar-refractivity contribution is 5.35. The van der Waals surface area contributed by atoms with E-state index in [2.05, 4.69) is 46.1 Å². The molecule has 1 aromatic heterocycles. The lowest BCUT2D eigenvalue weighted by Crippen LogP contribution is -2.37. The van der Waals surface area contributed by atoms with Crippen molar-refractivity contribution in [3.05, 3.63) is 17.6 Å². The maximum atomic E-state index is 4.61. The van der Waals surface area contributed by atoms with Crippen molar-refractivity contribution in [3.8, 4) is 0 Å². The van der Waals surface area contributed by atoms with Gasteiger partial charge in [-0.05, 0) is 59.8 Å². The van der Waals surface area contributed by atoms with Gasteiger partial charge in [0, 0.05) is 24.8 Å². The first-order valence-corrected chi connectivity index (χ1v) is 8.02. The highest BCUT2D eigenvalue weighted by Crippen LogP contribution is 2.19. The van der Waals surface area contributed by atoms with E-state index < -0.39 is 0 Å². The van der Waals surface area contributed by atoms with Gasteiger partial charge in [0.2, 0.25) is 0 Å². The van der Waals surface area contributed by atoms with Crippen LogP contribution in [0.4, 0.5) is 5.82 Å². The van der Waals surface area contributed by atoms with Gasteiger partial charge in [0.15, 0.2) is 0 Å². The summed E-state index contributed by atoms with van der Waals surface area (Å²) in [6, 6.07) is 2.01. The second kappa shape index (κ2) is 7.71. The number of rotatable bonds is 6. The number of likely N-dealkylation sites (tertiary alicyclic amines) is 1. The third-order valence-corrected chi connectivity index (χ3v) is 3.95. The van der Waals surface area contributed by atoms with Crippen LogP contribution in [-0.2, 0) is 6.54 Å². The minimum atomic E-state index is 0.840. The van der Waals surface area contributed by atoms with Crippen molar-refractivity contribution in [1.29, 1.82) is 0 Å². The molecule has 0 unspecified atom stereocenters. The van der Waals surface area contributed by atoms with E-state index in [0.717, 1.165) is 49.4 Å². The van der Waals surface area contributed by atoms with Crippen LogP contribution in [0.2, 0.25) is 0 Å². The maximum absolute atomic E-state index is 4.61. The fourth-order valence-electron chi connectivity index (χ4n) is 3.02. The number of anilines is 1. The number of piperidine rings is 1. The van der Waals surface area contributed by atoms with Crippen LogP contribution in [0.3, 0.4) is 0 Å². The largest absolute Gasteiger partial charge is 0.370 e. The van der Waals surface area contributed by atoms with Crippen molar-refractivity contribution < 1.29 is 0 Å². The molecule has 5 nitrogen and oxygen atoms in total. The van der Waals surface area contributed by atoms with Crippen LogP contribution in [-0.4, -0.2) is 60.0 Å². The van der Waals surface area contributed by atoms with E-state index in [9.17, 15) is 0 Å². The third kappa shape index (κ3) is 5.25. The number of hydrogen-bond donors (Lipinski definition) is 1. The summed E-state index contributed by atoms with van der Waals surface area (Å²) in [7, 11) is 4.32. The highest BCUT2D eigenvalue weighted by Gasteiger charge is 2.20. The summed E-state index contributed by atoms with van der Waals surface area (Å²) in [5, 5.41) is 3.28. The molecule has 0 spiro atoms. The first-order chi connectivity index (χ1) is 10.1. The zero-order valence-electron chi connectivity index (χ0n) is 13.9. The Labute approximate surface area is 128 Å². The Kier molecular flexibility index (Phi) is 5.94. The van der Waals surface area contributed by atoms with E-state index >= 15 is 0 Å². The molecule has 2 heterocycles. The molecule has 0 saturated carbocycles. The normalized spacial score (nSPS) is 17.4. The monoisotopic (exact) mass is 291 g/mol. The Morgan fingerprint density at radius 3 is 2.62 bits per heavy atom. The zero-order valence-corrected chi connectivity index (χ0v) is 13.9. The molecule has 2 rings (SSSR count). The van der Waals surface area contributed by atoms with E-state index in [0.29, 0.717) is 0 Å². The molecular formula is C16H29N5. The molecule has 0 atom stereocenters. The Morgan fingerprint density at radius 2 is 2.00 bits per heavy atom. The zero-order chi connectivity index (χ0) is 15.2. The number of aromatic nitrogens is 2. The number of aryl methyl sites for hydroxylation is 1. The average Bonchev–Trinajstić information content (AvgIpc) is 2.40. The molecule has 0 radical (unpaired) electrons. The molecule has 1 aliphatic heterocycles. The van der Waals surface area contributed by atoms with Crippen molar-refractivity contribution >= 4 is 5.82 Å². The Bertz CT molecular complexity index is 438. The van der Waals surface area contributed by atoms with Gasteiger partial charge in [0.05, 0.1) is 6.54 Å². The molecule has 5 heteroatoms. The molecule has 0 aliphatic carbocycles. The maximum Gasteiger partial charge on any atom is 0.144 e. The van der Waals surface area contributed by atoms with E-state index in [1.54, 1.807) is 0 Å². The lowest BCUT2D eigenvalue weighted by Gasteiger charge is -2.32. The first kappa shape index (κ1) is 16.2. The van der Waals surface area contributed by atoms with Gasteiger partial charge in [-0.3, -0.25) is 4.90 Å². The van der Waals surface area contributed by atoms with E-state index in [1.165, 1.54) is 19.4 Å². The van der Waals surface area contributed by atoms with Crippen LogP contribution in [0, 0.1) is 12.8 Å². The lowest BCUT2D eigenvalue weighted by atomic mass is 9.96. The minimum absolute atomic E-state index is 0.840. The highest BCUT2D eigenvalue weighted by atomic mass is 15.2. The summed E-state index contributed by atoms with van der Waals surface area (Å²) in [6.45, 7) is 9.42. The predicted octanol–water partition coefficient (Wildman–Crippen LogP) is 1.99. The molecule has 21 heavy (non-hydrogen) atoms. The summed E-state index contributed by atoms with van der Waals surface area (Å²) >= 11 is 0. The Morgan fingerprint density at radius 1 is 1.29 bits per heavy atom. The molecule has 0 amide bonds. The smallest absolute Gasteiger partial charge is 0.144 e. The van der Waals surface area contributed by atoms with Crippen LogP contribution < -0.4 is 5.32 Å². The number of hydrogen-bond acceptors (Lipinski definition) is 5. The van der Waals surface area contributed by atoms with Crippen LogP contribution in [0.5, 0.6) is 0 Å². The fraction of sp³-hybridized carbons (Fsp3) is 0.750. The van der Waals surface area contributed by atoms with Gasteiger partial charge >= 0.3 is 0 Å². The summed E-state index contributed by atoms with van der Waals surface area (Å²) in [6.07, 6.45) is 2.56. The van der Waals surface area contributed by atoms with E-state index in [1.807, 2.05) is 13.0 Å². The SMILES string of the molecule is CCNc1cc(C)nc(CN2CCC(CN(C)C)CC2)n1. The first-order valence-electron chi connectivity index (χ1n) is 8.02. The molecule has 1 aromatic rings. The molecule has 1 aliphatic rings. The van der Waals surface area contributed by atoms with Gasteiger partial charge in [-0.2, -0.15) is 0 Å². The Balaban J connectivity index is 1.88. The molecule has 1 saturated heterocycles. The van der Waals surface area contributed by atoms with Gasteiger partial charge in [0.1, 0.15) is 11.6 Å². The third-order valence-electron chi connectivity index (χ3n) is 3.95. The second-order valence-electron chi connectivity index (χ2n) is 6.32. The van der Waals surface area contributed by atoms with Crippen molar-refractivity contribution in [2.24, 2.45) is 5.92 Å². The van der Waals surface area contributed by atoms with Crippen molar-refractivity contribution in [2.45, 2.75) is 33.2 Å². The van der Waals surface area contributed by atoms with Crippen LogP contribution in [0.15, 0.2) is 6.07 Å². The van der Waals surface area contributed by atoms with Gasteiger partial charge in [-0.15, -0.1) is 0 Å². The summed E-state index contributed by atoms with van der Waals surface area (Å²) in [4.78, 5) is 14.0. The number of nitrogens with zero attached hydrogens (tertiary/aromatic N) is 4.